The van der Waals surface area contributed by atoms with Crippen molar-refractivity contribution < 1.29 is 5.21 Å². The van der Waals surface area contributed by atoms with Gasteiger partial charge in [0.15, 0.2) is 0 Å². The van der Waals surface area contributed by atoms with Gasteiger partial charge in [-0.15, -0.1) is 11.6 Å². The highest BCUT2D eigenvalue weighted by molar-refractivity contribution is 6.35. The third-order valence-corrected chi connectivity index (χ3v) is 3.10. The summed E-state index contributed by atoms with van der Waals surface area (Å²) >= 11 is 6.23. The topological polar surface area (TPSA) is 32.6 Å². The van der Waals surface area contributed by atoms with Crippen LogP contribution in [0.4, 0.5) is 0 Å². The maximum atomic E-state index is 8.56. The van der Waals surface area contributed by atoms with Gasteiger partial charge < -0.3 is 5.21 Å². The zero-order chi connectivity index (χ0) is 8.32. The van der Waals surface area contributed by atoms with Crippen LogP contribution in [0.2, 0.25) is 0 Å². The molecule has 2 nitrogen and oxygen atoms in total. The number of oxime groups is 1. The third-order valence-electron chi connectivity index (χ3n) is 2.44. The average molecular weight is 176 g/mol. The van der Waals surface area contributed by atoms with E-state index >= 15 is 0 Å². The molecule has 0 aromatic rings. The maximum Gasteiger partial charge on any atom is 0.0857 e. The van der Waals surface area contributed by atoms with Gasteiger partial charge in [-0.3, -0.25) is 0 Å². The van der Waals surface area contributed by atoms with Crippen LogP contribution in [0.15, 0.2) is 5.16 Å². The van der Waals surface area contributed by atoms with Crippen molar-refractivity contribution in [2.24, 2.45) is 5.16 Å². The van der Waals surface area contributed by atoms with E-state index in [0.29, 0.717) is 5.71 Å². The molecular formula is C8H14ClNO. The van der Waals surface area contributed by atoms with Crippen molar-refractivity contribution in [3.63, 3.8) is 0 Å². The number of rotatable bonds is 1. The Labute approximate surface area is 72.2 Å². The molecule has 0 atom stereocenters. The predicted molar refractivity (Wildman–Crippen MR) is 46.6 cm³/mol. The first kappa shape index (κ1) is 8.85. The van der Waals surface area contributed by atoms with Crippen molar-refractivity contribution in [3.05, 3.63) is 0 Å². The van der Waals surface area contributed by atoms with E-state index in [4.69, 9.17) is 16.8 Å². The molecule has 0 bridgehead atoms. The van der Waals surface area contributed by atoms with Crippen LogP contribution in [-0.2, 0) is 0 Å². The fourth-order valence-corrected chi connectivity index (χ4v) is 1.87. The number of hydrogen-bond donors (Lipinski definition) is 1. The van der Waals surface area contributed by atoms with Crippen molar-refractivity contribution in [2.75, 3.05) is 0 Å². The van der Waals surface area contributed by atoms with Crippen LogP contribution < -0.4 is 0 Å². The van der Waals surface area contributed by atoms with Gasteiger partial charge in [0, 0.05) is 0 Å². The molecule has 0 spiro atoms. The van der Waals surface area contributed by atoms with E-state index in [-0.39, 0.29) is 4.87 Å². The molecule has 1 rings (SSSR count). The Morgan fingerprint density at radius 1 is 1.36 bits per heavy atom. The number of nitrogens with zero attached hydrogens (tertiary/aromatic N) is 1. The van der Waals surface area contributed by atoms with E-state index < -0.39 is 0 Å². The minimum Gasteiger partial charge on any atom is -0.411 e. The zero-order valence-electron chi connectivity index (χ0n) is 6.81. The van der Waals surface area contributed by atoms with Crippen LogP contribution in [0.1, 0.15) is 39.0 Å². The molecule has 3 heteroatoms. The van der Waals surface area contributed by atoms with E-state index in [1.165, 1.54) is 6.42 Å². The van der Waals surface area contributed by atoms with E-state index in [9.17, 15) is 0 Å². The van der Waals surface area contributed by atoms with Crippen molar-refractivity contribution in [3.8, 4) is 0 Å². The lowest BCUT2D eigenvalue weighted by atomic mass is 9.85. The second-order valence-corrected chi connectivity index (χ2v) is 3.93. The highest BCUT2D eigenvalue weighted by Crippen LogP contribution is 2.35. The lowest BCUT2D eigenvalue weighted by molar-refractivity contribution is 0.312. The van der Waals surface area contributed by atoms with Gasteiger partial charge in [0.2, 0.25) is 0 Å². The molecule has 0 saturated heterocycles. The third kappa shape index (κ3) is 1.86. The molecule has 64 valence electrons. The second kappa shape index (κ2) is 3.44. The van der Waals surface area contributed by atoms with Crippen molar-refractivity contribution in [1.82, 2.24) is 0 Å². The van der Waals surface area contributed by atoms with Crippen molar-refractivity contribution in [1.29, 1.82) is 0 Å². The molecule has 0 heterocycles. The molecule has 11 heavy (non-hydrogen) atoms. The van der Waals surface area contributed by atoms with Gasteiger partial charge in [-0.25, -0.2) is 0 Å². The highest BCUT2D eigenvalue weighted by atomic mass is 35.5. The molecule has 0 aromatic carbocycles. The van der Waals surface area contributed by atoms with Gasteiger partial charge in [0.1, 0.15) is 0 Å². The Morgan fingerprint density at radius 2 is 1.91 bits per heavy atom. The fraction of sp³-hybridized carbons (Fsp3) is 0.875. The number of hydrogen-bond acceptors (Lipinski definition) is 2. The quantitative estimate of drug-likeness (QED) is 0.283. The predicted octanol–water partition coefficient (Wildman–Crippen LogP) is 2.78. The summed E-state index contributed by atoms with van der Waals surface area (Å²) in [5, 5.41) is 11.7. The standard InChI is InChI=1S/C8H14ClNO/c1-7(10-11)8(9)5-3-2-4-6-8/h11H,2-6H2,1H3/b10-7+. The molecular weight excluding hydrogens is 162 g/mol. The lowest BCUT2D eigenvalue weighted by Crippen LogP contribution is -2.32. The van der Waals surface area contributed by atoms with Gasteiger partial charge in [-0.1, -0.05) is 24.4 Å². The molecule has 0 aliphatic heterocycles. The Bertz CT molecular complexity index is 161. The fourth-order valence-electron chi connectivity index (χ4n) is 1.56. The van der Waals surface area contributed by atoms with Crippen LogP contribution in [0.5, 0.6) is 0 Å². The zero-order valence-corrected chi connectivity index (χ0v) is 7.56. The lowest BCUT2D eigenvalue weighted by Gasteiger charge is -2.29. The van der Waals surface area contributed by atoms with Crippen LogP contribution in [0, 0.1) is 0 Å². The van der Waals surface area contributed by atoms with E-state index in [1.807, 2.05) is 0 Å². The molecule has 1 fully saturated rings. The summed E-state index contributed by atoms with van der Waals surface area (Å²) in [6.07, 6.45) is 5.45. The minimum atomic E-state index is -0.340. The molecule has 1 aliphatic rings. The number of alkyl halides is 1. The summed E-state index contributed by atoms with van der Waals surface area (Å²) in [4.78, 5) is -0.340. The minimum absolute atomic E-state index is 0.340. The van der Waals surface area contributed by atoms with Crippen LogP contribution in [0.3, 0.4) is 0 Å². The monoisotopic (exact) mass is 175 g/mol. The van der Waals surface area contributed by atoms with E-state index in [2.05, 4.69) is 5.16 Å². The summed E-state index contributed by atoms with van der Waals surface area (Å²) in [7, 11) is 0. The molecule has 1 saturated carbocycles. The first-order valence-electron chi connectivity index (χ1n) is 4.07. The van der Waals surface area contributed by atoms with Gasteiger partial charge in [-0.05, 0) is 19.8 Å². The first-order chi connectivity index (χ1) is 5.19. The van der Waals surface area contributed by atoms with Gasteiger partial charge >= 0.3 is 0 Å². The second-order valence-electron chi connectivity index (χ2n) is 3.21. The summed E-state index contributed by atoms with van der Waals surface area (Å²) in [6.45, 7) is 1.79. The molecule has 1 aliphatic carbocycles. The Morgan fingerprint density at radius 3 is 2.36 bits per heavy atom. The summed E-state index contributed by atoms with van der Waals surface area (Å²) in [6, 6.07) is 0. The van der Waals surface area contributed by atoms with Gasteiger partial charge in [0.25, 0.3) is 0 Å². The van der Waals surface area contributed by atoms with Crippen molar-refractivity contribution >= 4 is 17.3 Å². The SMILES string of the molecule is C/C(=N\O)C1(Cl)CCCCC1. The first-order valence-corrected chi connectivity index (χ1v) is 4.45. The molecule has 0 radical (unpaired) electrons. The maximum absolute atomic E-state index is 8.56. The van der Waals surface area contributed by atoms with Gasteiger partial charge in [-0.2, -0.15) is 0 Å². The molecule has 0 unspecified atom stereocenters. The largest absolute Gasteiger partial charge is 0.411 e. The van der Waals surface area contributed by atoms with E-state index in [0.717, 1.165) is 25.7 Å². The Kier molecular flexibility index (Phi) is 2.77. The molecule has 1 N–H and O–H groups in total. The highest BCUT2D eigenvalue weighted by Gasteiger charge is 2.32. The summed E-state index contributed by atoms with van der Waals surface area (Å²) < 4.78 is 0. The van der Waals surface area contributed by atoms with Gasteiger partial charge in [0.05, 0.1) is 10.6 Å². The normalized spacial score (nSPS) is 25.1. The van der Waals surface area contributed by atoms with Crippen LogP contribution in [0.25, 0.3) is 0 Å². The van der Waals surface area contributed by atoms with Crippen molar-refractivity contribution in [2.45, 2.75) is 43.9 Å². The summed E-state index contributed by atoms with van der Waals surface area (Å²) in [5.74, 6) is 0. The molecule has 0 amide bonds. The average Bonchev–Trinajstić information content (AvgIpc) is 2.04. The van der Waals surface area contributed by atoms with Crippen LogP contribution >= 0.6 is 11.6 Å². The molecule has 0 aromatic heterocycles. The number of halogens is 1. The van der Waals surface area contributed by atoms with Crippen LogP contribution in [-0.4, -0.2) is 15.8 Å². The Hall–Kier alpha value is -0.240. The smallest absolute Gasteiger partial charge is 0.0857 e. The Balaban J connectivity index is 2.64. The summed E-state index contributed by atoms with van der Waals surface area (Å²) in [5.41, 5.74) is 0.666. The van der Waals surface area contributed by atoms with E-state index in [1.54, 1.807) is 6.92 Å².